The Morgan fingerprint density at radius 2 is 1.97 bits per heavy atom. The summed E-state index contributed by atoms with van der Waals surface area (Å²) in [6, 6.07) is 13.7. The van der Waals surface area contributed by atoms with Gasteiger partial charge in [-0.1, -0.05) is 30.0 Å². The minimum Gasteiger partial charge on any atom is -0.325 e. The van der Waals surface area contributed by atoms with Crippen molar-refractivity contribution >= 4 is 56.0 Å². The summed E-state index contributed by atoms with van der Waals surface area (Å²) in [4.78, 5) is 32.1. The molecule has 0 aromatic heterocycles. The van der Waals surface area contributed by atoms with Gasteiger partial charge in [0.2, 0.25) is 11.8 Å². The first kappa shape index (κ1) is 20.2. The van der Waals surface area contributed by atoms with Crippen molar-refractivity contribution in [3.8, 4) is 0 Å². The first-order valence-electron chi connectivity index (χ1n) is 9.62. The summed E-state index contributed by atoms with van der Waals surface area (Å²) in [6.07, 6.45) is 2.11. The highest BCUT2D eigenvalue weighted by Gasteiger charge is 2.46. The molecule has 1 unspecified atom stereocenters. The Hall–Kier alpha value is -2.12. The number of para-hydroxylation sites is 1. The molecule has 1 aliphatic heterocycles. The Morgan fingerprint density at radius 1 is 1.21 bits per heavy atom. The lowest BCUT2D eigenvalue weighted by Gasteiger charge is -2.15. The zero-order chi connectivity index (χ0) is 20.5. The molecule has 2 fully saturated rings. The van der Waals surface area contributed by atoms with Gasteiger partial charge in [0.15, 0.2) is 5.17 Å². The van der Waals surface area contributed by atoms with Crippen LogP contribution in [0.25, 0.3) is 0 Å². The molecular formula is C22H22BrN3O2S. The highest BCUT2D eigenvalue weighted by molar-refractivity contribution is 9.10. The fourth-order valence-electron chi connectivity index (χ4n) is 3.20. The zero-order valence-corrected chi connectivity index (χ0v) is 18.7. The Morgan fingerprint density at radius 3 is 2.66 bits per heavy atom. The summed E-state index contributed by atoms with van der Waals surface area (Å²) in [5.74, 6) is -0.187. The summed E-state index contributed by atoms with van der Waals surface area (Å²) >= 11 is 4.83. The summed E-state index contributed by atoms with van der Waals surface area (Å²) < 4.78 is 0.815. The van der Waals surface area contributed by atoms with Gasteiger partial charge in [-0.2, -0.15) is 0 Å². The van der Waals surface area contributed by atoms with Crippen LogP contribution in [0.2, 0.25) is 0 Å². The number of nitrogens with one attached hydrogen (secondary N) is 1. The maximum Gasteiger partial charge on any atom is 0.242 e. The van der Waals surface area contributed by atoms with E-state index < -0.39 is 5.25 Å². The number of aliphatic imine (C=N–C) groups is 1. The van der Waals surface area contributed by atoms with Crippen molar-refractivity contribution < 1.29 is 9.59 Å². The van der Waals surface area contributed by atoms with Crippen LogP contribution in [0.15, 0.2) is 51.9 Å². The van der Waals surface area contributed by atoms with Crippen LogP contribution < -0.4 is 5.32 Å². The van der Waals surface area contributed by atoms with E-state index >= 15 is 0 Å². The van der Waals surface area contributed by atoms with Gasteiger partial charge in [-0.15, -0.1) is 0 Å². The minimum atomic E-state index is -0.441. The van der Waals surface area contributed by atoms with Gasteiger partial charge in [0.25, 0.3) is 0 Å². The van der Waals surface area contributed by atoms with Crippen molar-refractivity contribution in [2.45, 2.75) is 44.4 Å². The summed E-state index contributed by atoms with van der Waals surface area (Å²) in [5, 5.41) is 3.15. The lowest BCUT2D eigenvalue weighted by molar-refractivity contribution is -0.128. The number of hydrogen-bond donors (Lipinski definition) is 1. The lowest BCUT2D eigenvalue weighted by atomic mass is 10.1. The van der Waals surface area contributed by atoms with E-state index in [2.05, 4.69) is 35.1 Å². The standard InChI is InChI=1S/C22H22BrN3O2S/c1-13-7-8-15(11-14(13)2)24-22-26(16-9-10-16)21(28)19(29-22)12-20(27)25-18-6-4-3-5-17(18)23/h3-8,11,16,19H,9-10,12H2,1-2H3,(H,25,27). The summed E-state index contributed by atoms with van der Waals surface area (Å²) in [7, 11) is 0. The highest BCUT2D eigenvalue weighted by Crippen LogP contribution is 2.39. The number of benzene rings is 2. The van der Waals surface area contributed by atoms with E-state index in [4.69, 9.17) is 4.99 Å². The Balaban J connectivity index is 1.51. The smallest absolute Gasteiger partial charge is 0.242 e. The van der Waals surface area contributed by atoms with E-state index in [1.54, 1.807) is 4.90 Å². The number of amides is 2. The molecule has 2 aromatic carbocycles. The SMILES string of the molecule is Cc1ccc(N=C2SC(CC(=O)Nc3ccccc3Br)C(=O)N2C2CC2)cc1C. The van der Waals surface area contributed by atoms with Crippen LogP contribution in [0.1, 0.15) is 30.4 Å². The molecule has 5 nitrogen and oxygen atoms in total. The fourth-order valence-corrected chi connectivity index (χ4v) is 4.80. The Bertz CT molecular complexity index is 1000. The number of amidine groups is 1. The predicted molar refractivity (Wildman–Crippen MR) is 122 cm³/mol. The van der Waals surface area contributed by atoms with Gasteiger partial charge >= 0.3 is 0 Å². The van der Waals surface area contributed by atoms with Crippen molar-refractivity contribution in [2.75, 3.05) is 5.32 Å². The molecule has 29 heavy (non-hydrogen) atoms. The number of halogens is 1. The number of carbonyl (C=O) groups is 2. The average Bonchev–Trinajstić information content (AvgIpc) is 3.46. The molecule has 0 radical (unpaired) electrons. The number of hydrogen-bond acceptors (Lipinski definition) is 4. The number of anilines is 1. The molecule has 7 heteroatoms. The molecule has 0 spiro atoms. The largest absolute Gasteiger partial charge is 0.325 e. The van der Waals surface area contributed by atoms with E-state index in [1.807, 2.05) is 42.5 Å². The number of rotatable bonds is 5. The van der Waals surface area contributed by atoms with Crippen molar-refractivity contribution in [3.05, 3.63) is 58.1 Å². The first-order valence-corrected chi connectivity index (χ1v) is 11.3. The highest BCUT2D eigenvalue weighted by atomic mass is 79.9. The van der Waals surface area contributed by atoms with Crippen LogP contribution in [0.3, 0.4) is 0 Å². The second kappa shape index (κ2) is 8.32. The average molecular weight is 472 g/mol. The Labute approximate surface area is 183 Å². The summed E-state index contributed by atoms with van der Waals surface area (Å²) in [6.45, 7) is 4.12. The van der Waals surface area contributed by atoms with Crippen molar-refractivity contribution in [1.29, 1.82) is 0 Å². The van der Waals surface area contributed by atoms with E-state index in [1.165, 1.54) is 22.9 Å². The fraction of sp³-hybridized carbons (Fsp3) is 0.318. The molecule has 1 saturated heterocycles. The van der Waals surface area contributed by atoms with E-state index in [-0.39, 0.29) is 24.3 Å². The third kappa shape index (κ3) is 4.56. The zero-order valence-electron chi connectivity index (χ0n) is 16.3. The molecule has 2 aromatic rings. The number of aryl methyl sites for hydroxylation is 2. The lowest BCUT2D eigenvalue weighted by Crippen LogP contribution is -2.35. The maximum atomic E-state index is 13.0. The van der Waals surface area contributed by atoms with Gasteiger partial charge in [-0.3, -0.25) is 14.5 Å². The van der Waals surface area contributed by atoms with E-state index in [9.17, 15) is 9.59 Å². The molecular weight excluding hydrogens is 450 g/mol. The quantitative estimate of drug-likeness (QED) is 0.652. The molecule has 2 amide bonds. The van der Waals surface area contributed by atoms with Crippen molar-refractivity contribution in [3.63, 3.8) is 0 Å². The van der Waals surface area contributed by atoms with Gasteiger partial charge in [0, 0.05) is 16.9 Å². The Kier molecular flexibility index (Phi) is 5.79. The molecule has 1 atom stereocenters. The molecule has 1 heterocycles. The second-order valence-corrected chi connectivity index (χ2v) is 9.47. The maximum absolute atomic E-state index is 13.0. The molecule has 4 rings (SSSR count). The number of nitrogens with zero attached hydrogens (tertiary/aromatic N) is 2. The molecule has 1 aliphatic carbocycles. The molecule has 150 valence electrons. The topological polar surface area (TPSA) is 61.8 Å². The molecule has 0 bridgehead atoms. The van der Waals surface area contributed by atoms with E-state index in [0.717, 1.165) is 23.0 Å². The monoisotopic (exact) mass is 471 g/mol. The first-order chi connectivity index (χ1) is 13.9. The second-order valence-electron chi connectivity index (χ2n) is 7.44. The molecule has 1 N–H and O–H groups in total. The van der Waals surface area contributed by atoms with Crippen LogP contribution in [-0.2, 0) is 9.59 Å². The van der Waals surface area contributed by atoms with E-state index in [0.29, 0.717) is 10.9 Å². The van der Waals surface area contributed by atoms with Gasteiger partial charge in [0.1, 0.15) is 5.25 Å². The van der Waals surface area contributed by atoms with Crippen LogP contribution in [0.5, 0.6) is 0 Å². The van der Waals surface area contributed by atoms with Gasteiger partial charge in [0.05, 0.1) is 11.4 Å². The summed E-state index contributed by atoms with van der Waals surface area (Å²) in [5.41, 5.74) is 3.93. The number of carbonyl (C=O) groups excluding carboxylic acids is 2. The van der Waals surface area contributed by atoms with Crippen LogP contribution in [0, 0.1) is 13.8 Å². The molecule has 1 saturated carbocycles. The third-order valence-electron chi connectivity index (χ3n) is 5.11. The normalized spacial score (nSPS) is 20.4. The van der Waals surface area contributed by atoms with Gasteiger partial charge in [-0.05, 0) is 78.0 Å². The van der Waals surface area contributed by atoms with Crippen LogP contribution in [0.4, 0.5) is 11.4 Å². The van der Waals surface area contributed by atoms with Crippen LogP contribution >= 0.6 is 27.7 Å². The van der Waals surface area contributed by atoms with Gasteiger partial charge < -0.3 is 5.32 Å². The van der Waals surface area contributed by atoms with Crippen molar-refractivity contribution in [2.24, 2.45) is 4.99 Å². The van der Waals surface area contributed by atoms with Crippen molar-refractivity contribution in [1.82, 2.24) is 4.90 Å². The minimum absolute atomic E-state index is 0.0117. The van der Waals surface area contributed by atoms with Crippen LogP contribution in [-0.4, -0.2) is 33.2 Å². The third-order valence-corrected chi connectivity index (χ3v) is 6.96. The van der Waals surface area contributed by atoms with Gasteiger partial charge in [-0.25, -0.2) is 4.99 Å². The predicted octanol–water partition coefficient (Wildman–Crippen LogP) is 5.19. The number of thioether (sulfide) groups is 1. The molecule has 2 aliphatic rings.